The van der Waals surface area contributed by atoms with E-state index in [9.17, 15) is 0 Å². The van der Waals surface area contributed by atoms with Crippen LogP contribution in [0.4, 0.5) is 0 Å². The quantitative estimate of drug-likeness (QED) is 0.517. The minimum atomic E-state index is -2.74. The molecule has 0 aromatic rings. The van der Waals surface area contributed by atoms with Crippen molar-refractivity contribution in [3.05, 3.63) is 0 Å². The first-order valence-electron chi connectivity index (χ1n) is 6.57. The minimum absolute atomic E-state index is 0.530. The van der Waals surface area contributed by atoms with Gasteiger partial charge >= 0.3 is 18.1 Å². The molecular formula is C11H30O8Si2. The lowest BCUT2D eigenvalue weighted by Crippen LogP contribution is -2.46. The Kier molecular flexibility index (Phi) is 15.3. The van der Waals surface area contributed by atoms with Crippen molar-refractivity contribution in [2.24, 2.45) is 0 Å². The van der Waals surface area contributed by atoms with Crippen molar-refractivity contribution < 1.29 is 35.4 Å². The van der Waals surface area contributed by atoms with Crippen LogP contribution in [0, 0.1) is 0 Å². The Balaban J connectivity index is 0. The third kappa shape index (κ3) is 8.98. The van der Waals surface area contributed by atoms with Crippen molar-refractivity contribution in [2.45, 2.75) is 20.3 Å². The molecule has 0 aromatic heterocycles. The first kappa shape index (κ1) is 23.4. The van der Waals surface area contributed by atoms with E-state index in [1.54, 1.807) is 0 Å². The van der Waals surface area contributed by atoms with E-state index >= 15 is 0 Å². The molecule has 10 heteroatoms. The highest BCUT2D eigenvalue weighted by molar-refractivity contribution is 6.53. The number of hydrogen-bond donors (Lipinski definition) is 0. The first-order valence-corrected chi connectivity index (χ1v) is 9.84. The van der Waals surface area contributed by atoms with E-state index < -0.39 is 18.1 Å². The zero-order chi connectivity index (χ0) is 16.8. The van der Waals surface area contributed by atoms with E-state index in [2.05, 4.69) is 0 Å². The Hall–Kier alpha value is 0.114. The molecule has 0 aliphatic carbocycles. The van der Waals surface area contributed by atoms with E-state index in [0.29, 0.717) is 13.2 Å². The predicted octanol–water partition coefficient (Wildman–Crippen LogP) is 1.19. The molecule has 21 heavy (non-hydrogen) atoms. The van der Waals surface area contributed by atoms with E-state index in [0.717, 1.165) is 6.42 Å². The van der Waals surface area contributed by atoms with Crippen LogP contribution in [0.3, 0.4) is 0 Å². The van der Waals surface area contributed by atoms with Gasteiger partial charge in [-0.3, -0.25) is 0 Å². The van der Waals surface area contributed by atoms with Crippen LogP contribution in [0.15, 0.2) is 0 Å². The molecule has 0 spiro atoms. The maximum absolute atomic E-state index is 5.30. The zero-order valence-electron chi connectivity index (χ0n) is 14.4. The van der Waals surface area contributed by atoms with Gasteiger partial charge in [-0.25, -0.2) is 0 Å². The fourth-order valence-corrected chi connectivity index (χ4v) is 3.77. The smallest absolute Gasteiger partial charge is 0.355 e. The molecule has 0 aromatic carbocycles. The second-order valence-electron chi connectivity index (χ2n) is 3.51. The van der Waals surface area contributed by atoms with Crippen LogP contribution in [0.5, 0.6) is 0 Å². The normalized spacial score (nSPS) is 12.0. The van der Waals surface area contributed by atoms with Gasteiger partial charge < -0.3 is 35.4 Å². The molecule has 0 unspecified atom stereocenters. The second-order valence-corrected chi connectivity index (χ2v) is 8.53. The highest BCUT2D eigenvalue weighted by Crippen LogP contribution is 2.07. The van der Waals surface area contributed by atoms with Crippen LogP contribution >= 0.6 is 0 Å². The molecule has 0 bridgehead atoms. The summed E-state index contributed by atoms with van der Waals surface area (Å²) >= 11 is 0. The van der Waals surface area contributed by atoms with E-state index in [1.807, 2.05) is 13.8 Å². The Labute approximate surface area is 130 Å². The molecule has 0 radical (unpaired) electrons. The monoisotopic (exact) mass is 346 g/mol. The van der Waals surface area contributed by atoms with Gasteiger partial charge in [0, 0.05) is 55.9 Å². The van der Waals surface area contributed by atoms with Gasteiger partial charge in [0.05, 0.1) is 0 Å². The van der Waals surface area contributed by atoms with Gasteiger partial charge in [0.2, 0.25) is 0 Å². The maximum atomic E-state index is 5.30. The summed E-state index contributed by atoms with van der Waals surface area (Å²) < 4.78 is 40.3. The van der Waals surface area contributed by atoms with Crippen molar-refractivity contribution in [2.75, 3.05) is 55.9 Å². The molecular weight excluding hydrogens is 316 g/mol. The van der Waals surface area contributed by atoms with Crippen LogP contribution in [0.25, 0.3) is 0 Å². The first-order chi connectivity index (χ1) is 9.99. The summed E-state index contributed by atoms with van der Waals surface area (Å²) in [5.74, 6) is 0. The third-order valence-corrected chi connectivity index (χ3v) is 6.50. The van der Waals surface area contributed by atoms with Gasteiger partial charge in [0.1, 0.15) is 0 Å². The molecule has 8 nitrogen and oxygen atoms in total. The van der Waals surface area contributed by atoms with Crippen molar-refractivity contribution in [3.8, 4) is 0 Å². The van der Waals surface area contributed by atoms with E-state index in [-0.39, 0.29) is 0 Å². The number of rotatable bonds is 11. The molecule has 130 valence electrons. The summed E-state index contributed by atoms with van der Waals surface area (Å²) in [6, 6.07) is 0. The molecule has 0 rings (SSSR count). The van der Waals surface area contributed by atoms with Crippen molar-refractivity contribution >= 4 is 18.1 Å². The summed E-state index contributed by atoms with van der Waals surface area (Å²) in [4.78, 5) is 0. The minimum Gasteiger partial charge on any atom is -0.355 e. The topological polar surface area (TPSA) is 73.8 Å². The van der Waals surface area contributed by atoms with Gasteiger partial charge in [-0.15, -0.1) is 0 Å². The molecule has 0 atom stereocenters. The van der Waals surface area contributed by atoms with Gasteiger partial charge in [-0.05, 0) is 13.3 Å². The lowest BCUT2D eigenvalue weighted by atomic mass is 10.5. The van der Waals surface area contributed by atoms with E-state index in [1.165, 1.54) is 42.7 Å². The fraction of sp³-hybridized carbons (Fsp3) is 1.00. The van der Waals surface area contributed by atoms with E-state index in [4.69, 9.17) is 35.4 Å². The lowest BCUT2D eigenvalue weighted by Gasteiger charge is -2.22. The van der Waals surface area contributed by atoms with Gasteiger partial charge in [-0.2, -0.15) is 0 Å². The molecule has 0 aliphatic heterocycles. The van der Waals surface area contributed by atoms with Crippen molar-refractivity contribution in [1.82, 2.24) is 0 Å². The summed E-state index contributed by atoms with van der Waals surface area (Å²) in [7, 11) is 3.64. The van der Waals surface area contributed by atoms with Crippen LogP contribution < -0.4 is 0 Å². The molecule has 0 heterocycles. The van der Waals surface area contributed by atoms with Crippen molar-refractivity contribution in [3.63, 3.8) is 0 Å². The Morgan fingerprint density at radius 1 is 0.571 bits per heavy atom. The Bertz CT molecular complexity index is 208. The van der Waals surface area contributed by atoms with Crippen LogP contribution in [0.1, 0.15) is 20.3 Å². The maximum Gasteiger partial charge on any atom is 0.678 e. The van der Waals surface area contributed by atoms with Gasteiger partial charge in [-0.1, -0.05) is 6.92 Å². The summed E-state index contributed by atoms with van der Waals surface area (Å²) in [6.07, 6.45) is 0.921. The van der Waals surface area contributed by atoms with Crippen LogP contribution in [-0.2, 0) is 35.4 Å². The highest BCUT2D eigenvalue weighted by atomic mass is 28.4. The summed E-state index contributed by atoms with van der Waals surface area (Å²) in [5, 5.41) is 0. The van der Waals surface area contributed by atoms with Crippen LogP contribution in [0.2, 0.25) is 0 Å². The molecule has 0 aliphatic rings. The van der Waals surface area contributed by atoms with Gasteiger partial charge in [0.25, 0.3) is 0 Å². The SMILES string of the molecule is CCCO[Si](OC)(OC)OC.CCO[Si](OC)(OC)OC. The Morgan fingerprint density at radius 2 is 0.905 bits per heavy atom. The predicted molar refractivity (Wildman–Crippen MR) is 81.4 cm³/mol. The molecule has 0 N–H and O–H groups in total. The third-order valence-electron chi connectivity index (χ3n) is 2.30. The Morgan fingerprint density at radius 3 is 1.10 bits per heavy atom. The largest absolute Gasteiger partial charge is 0.678 e. The molecule has 0 saturated carbocycles. The lowest BCUT2D eigenvalue weighted by molar-refractivity contribution is 0.00594. The highest BCUT2D eigenvalue weighted by Gasteiger charge is 2.42. The fourth-order valence-electron chi connectivity index (χ4n) is 1.26. The average molecular weight is 347 g/mol. The van der Waals surface area contributed by atoms with Crippen LogP contribution in [-0.4, -0.2) is 74.0 Å². The van der Waals surface area contributed by atoms with Crippen molar-refractivity contribution in [1.29, 1.82) is 0 Å². The summed E-state index contributed by atoms with van der Waals surface area (Å²) in [6.45, 7) is 5.00. The molecule has 0 saturated heterocycles. The molecule has 0 amide bonds. The number of hydrogen-bond acceptors (Lipinski definition) is 8. The average Bonchev–Trinajstić information content (AvgIpc) is 2.55. The standard InChI is InChI=1S/C6H16O4Si.C5H14O4Si/c1-5-6-10-11(7-2,8-3)9-4;1-5-9-10(6-2,7-3)8-4/h5-6H2,1-4H3;5H2,1-4H3. The second kappa shape index (κ2) is 13.8. The van der Waals surface area contributed by atoms with Gasteiger partial charge in [0.15, 0.2) is 0 Å². The summed E-state index contributed by atoms with van der Waals surface area (Å²) in [5.41, 5.74) is 0. The zero-order valence-corrected chi connectivity index (χ0v) is 16.4. The molecule has 0 fully saturated rings.